The first kappa shape index (κ1) is 12.2. The summed E-state index contributed by atoms with van der Waals surface area (Å²) in [5.74, 6) is 0. The van der Waals surface area contributed by atoms with Crippen molar-refractivity contribution >= 4 is 17.3 Å². The van der Waals surface area contributed by atoms with Gasteiger partial charge in [-0.15, -0.1) is 0 Å². The quantitative estimate of drug-likeness (QED) is 0.877. The fraction of sp³-hybridized carbons (Fsp3) is 0.462. The number of nitrogens with one attached hydrogen (secondary N) is 1. The molecule has 1 atom stereocenters. The molecule has 0 amide bonds. The Labute approximate surface area is 106 Å². The summed E-state index contributed by atoms with van der Waals surface area (Å²) >= 11 is 5.99. The van der Waals surface area contributed by atoms with E-state index in [0.29, 0.717) is 16.6 Å². The van der Waals surface area contributed by atoms with Crippen molar-refractivity contribution < 1.29 is 4.74 Å². The van der Waals surface area contributed by atoms with Crippen LogP contribution >= 0.6 is 11.6 Å². The minimum Gasteiger partial charge on any atom is -0.382 e. The molecule has 3 nitrogen and oxygen atoms in total. The molecule has 1 fully saturated rings. The van der Waals surface area contributed by atoms with E-state index < -0.39 is 0 Å². The molecule has 1 saturated heterocycles. The Bertz CT molecular complexity index is 420. The maximum absolute atomic E-state index is 8.80. The number of halogens is 1. The second kappa shape index (κ2) is 5.90. The van der Waals surface area contributed by atoms with Gasteiger partial charge >= 0.3 is 0 Å². The van der Waals surface area contributed by atoms with Gasteiger partial charge in [-0.1, -0.05) is 11.6 Å². The van der Waals surface area contributed by atoms with Crippen LogP contribution in [0.2, 0.25) is 5.02 Å². The molecule has 0 spiro atoms. The van der Waals surface area contributed by atoms with E-state index in [1.807, 2.05) is 12.1 Å². The molecular weight excluding hydrogens is 236 g/mol. The van der Waals surface area contributed by atoms with E-state index in [0.717, 1.165) is 38.2 Å². The van der Waals surface area contributed by atoms with Gasteiger partial charge < -0.3 is 10.1 Å². The zero-order valence-electron chi connectivity index (χ0n) is 9.58. The molecule has 1 aromatic carbocycles. The predicted molar refractivity (Wildman–Crippen MR) is 68.2 cm³/mol. The molecule has 0 unspecified atom stereocenters. The normalized spacial score (nSPS) is 20.4. The summed E-state index contributed by atoms with van der Waals surface area (Å²) in [6.45, 7) is 1.66. The fourth-order valence-electron chi connectivity index (χ4n) is 1.98. The number of ether oxygens (including phenoxy) is 1. The number of rotatable bonds is 2. The van der Waals surface area contributed by atoms with Crippen molar-refractivity contribution in [1.82, 2.24) is 0 Å². The van der Waals surface area contributed by atoms with Crippen LogP contribution in [-0.4, -0.2) is 19.3 Å². The molecule has 1 aromatic rings. The highest BCUT2D eigenvalue weighted by atomic mass is 35.5. The Balaban J connectivity index is 2.03. The molecule has 17 heavy (non-hydrogen) atoms. The van der Waals surface area contributed by atoms with Gasteiger partial charge in [-0.3, -0.25) is 0 Å². The minimum absolute atomic E-state index is 0.432. The lowest BCUT2D eigenvalue weighted by Gasteiger charge is -2.17. The van der Waals surface area contributed by atoms with E-state index >= 15 is 0 Å². The van der Waals surface area contributed by atoms with Crippen LogP contribution in [0.15, 0.2) is 18.2 Å². The van der Waals surface area contributed by atoms with Crippen LogP contribution in [0.25, 0.3) is 0 Å². The first-order chi connectivity index (χ1) is 8.29. The van der Waals surface area contributed by atoms with E-state index in [-0.39, 0.29) is 0 Å². The van der Waals surface area contributed by atoms with Crippen LogP contribution in [0.1, 0.15) is 24.8 Å². The first-order valence-electron chi connectivity index (χ1n) is 5.83. The number of hydrogen-bond donors (Lipinski definition) is 1. The molecule has 90 valence electrons. The van der Waals surface area contributed by atoms with Crippen molar-refractivity contribution in [1.29, 1.82) is 5.26 Å². The van der Waals surface area contributed by atoms with Gasteiger partial charge in [0.25, 0.3) is 0 Å². The molecule has 1 aliphatic heterocycles. The summed E-state index contributed by atoms with van der Waals surface area (Å²) in [6.07, 6.45) is 3.21. The summed E-state index contributed by atoms with van der Waals surface area (Å²) in [5.41, 5.74) is 1.49. The topological polar surface area (TPSA) is 45.0 Å². The highest BCUT2D eigenvalue weighted by molar-refractivity contribution is 6.32. The second-order valence-electron chi connectivity index (χ2n) is 4.19. The Hall–Kier alpha value is -1.24. The number of nitriles is 1. The highest BCUT2D eigenvalue weighted by Crippen LogP contribution is 2.22. The summed E-state index contributed by atoms with van der Waals surface area (Å²) in [7, 11) is 0. The van der Waals surface area contributed by atoms with Crippen molar-refractivity contribution in [3.8, 4) is 6.07 Å². The second-order valence-corrected chi connectivity index (χ2v) is 4.60. The first-order valence-corrected chi connectivity index (χ1v) is 6.21. The van der Waals surface area contributed by atoms with E-state index in [4.69, 9.17) is 21.6 Å². The lowest BCUT2D eigenvalue weighted by molar-refractivity contribution is 0.144. The summed E-state index contributed by atoms with van der Waals surface area (Å²) in [4.78, 5) is 0. The largest absolute Gasteiger partial charge is 0.382 e. The highest BCUT2D eigenvalue weighted by Gasteiger charge is 2.12. The number of nitrogens with zero attached hydrogens (tertiary/aromatic N) is 1. The Morgan fingerprint density at radius 1 is 1.35 bits per heavy atom. The van der Waals surface area contributed by atoms with Crippen molar-refractivity contribution in [2.45, 2.75) is 25.3 Å². The Morgan fingerprint density at radius 3 is 3.00 bits per heavy atom. The number of hydrogen-bond acceptors (Lipinski definition) is 3. The lowest BCUT2D eigenvalue weighted by atomic mass is 10.1. The van der Waals surface area contributed by atoms with Crippen LogP contribution in [0.3, 0.4) is 0 Å². The molecule has 0 aromatic heterocycles. The number of anilines is 1. The molecule has 0 bridgehead atoms. The van der Waals surface area contributed by atoms with E-state index in [2.05, 4.69) is 11.4 Å². The van der Waals surface area contributed by atoms with Crippen LogP contribution in [-0.2, 0) is 4.74 Å². The van der Waals surface area contributed by atoms with Crippen LogP contribution in [0.5, 0.6) is 0 Å². The summed E-state index contributed by atoms with van der Waals surface area (Å²) < 4.78 is 5.41. The molecular formula is C13H15ClN2O. The molecule has 1 aliphatic rings. The summed E-state index contributed by atoms with van der Waals surface area (Å²) in [6, 6.07) is 7.95. The van der Waals surface area contributed by atoms with Crippen molar-refractivity contribution in [3.05, 3.63) is 28.8 Å². The van der Waals surface area contributed by atoms with Gasteiger partial charge in [-0.05, 0) is 37.5 Å². The van der Waals surface area contributed by atoms with E-state index in [1.54, 1.807) is 6.07 Å². The molecule has 4 heteroatoms. The zero-order chi connectivity index (χ0) is 12.1. The van der Waals surface area contributed by atoms with Crippen LogP contribution in [0.4, 0.5) is 5.69 Å². The lowest BCUT2D eigenvalue weighted by Crippen LogP contribution is -2.19. The molecule has 0 aliphatic carbocycles. The van der Waals surface area contributed by atoms with Gasteiger partial charge in [0.05, 0.1) is 10.6 Å². The van der Waals surface area contributed by atoms with Crippen molar-refractivity contribution in [3.63, 3.8) is 0 Å². The Kier molecular flexibility index (Phi) is 4.24. The van der Waals surface area contributed by atoms with Gasteiger partial charge in [0.15, 0.2) is 0 Å². The van der Waals surface area contributed by atoms with E-state index in [9.17, 15) is 0 Å². The smallest absolute Gasteiger partial charge is 0.101 e. The third-order valence-corrected chi connectivity index (χ3v) is 3.22. The maximum atomic E-state index is 8.80. The minimum atomic E-state index is 0.432. The predicted octanol–water partition coefficient (Wildman–Crippen LogP) is 3.19. The monoisotopic (exact) mass is 250 g/mol. The van der Waals surface area contributed by atoms with Gasteiger partial charge in [0.1, 0.15) is 6.07 Å². The SMILES string of the molecule is N#Cc1ccc(N[C@@H]2CCCOCC2)cc1Cl. The maximum Gasteiger partial charge on any atom is 0.101 e. The third-order valence-electron chi connectivity index (χ3n) is 2.91. The molecule has 0 saturated carbocycles. The third kappa shape index (κ3) is 3.36. The van der Waals surface area contributed by atoms with E-state index in [1.165, 1.54) is 0 Å². The average Bonchev–Trinajstić information content (AvgIpc) is 2.58. The average molecular weight is 251 g/mol. The van der Waals surface area contributed by atoms with Crippen molar-refractivity contribution in [2.75, 3.05) is 18.5 Å². The molecule has 1 N–H and O–H groups in total. The summed E-state index contributed by atoms with van der Waals surface area (Å²) in [5, 5.41) is 12.7. The van der Waals surface area contributed by atoms with Gasteiger partial charge in [0.2, 0.25) is 0 Å². The van der Waals surface area contributed by atoms with Crippen LogP contribution < -0.4 is 5.32 Å². The Morgan fingerprint density at radius 2 is 2.24 bits per heavy atom. The standard InChI is InChI=1S/C13H15ClN2O/c14-13-8-12(4-3-10(13)9-15)16-11-2-1-6-17-7-5-11/h3-4,8,11,16H,1-2,5-7H2/t11-/m1/s1. The van der Waals surface area contributed by atoms with Gasteiger partial charge in [-0.25, -0.2) is 0 Å². The molecule has 1 heterocycles. The van der Waals surface area contributed by atoms with Crippen LogP contribution in [0, 0.1) is 11.3 Å². The van der Waals surface area contributed by atoms with Gasteiger partial charge in [0, 0.05) is 24.9 Å². The number of benzene rings is 1. The van der Waals surface area contributed by atoms with Crippen molar-refractivity contribution in [2.24, 2.45) is 0 Å². The molecule has 2 rings (SSSR count). The molecule has 0 radical (unpaired) electrons. The zero-order valence-corrected chi connectivity index (χ0v) is 10.3. The fourth-order valence-corrected chi connectivity index (χ4v) is 2.20. The van der Waals surface area contributed by atoms with Gasteiger partial charge in [-0.2, -0.15) is 5.26 Å².